The normalized spacial score (nSPS) is 20.6. The molecule has 0 saturated heterocycles. The van der Waals surface area contributed by atoms with Crippen molar-refractivity contribution in [3.05, 3.63) is 0 Å². The molecule has 0 bridgehead atoms. The lowest BCUT2D eigenvalue weighted by molar-refractivity contribution is -0.00248. The summed E-state index contributed by atoms with van der Waals surface area (Å²) in [4.78, 5) is 0. The molecule has 1 rings (SSSR count). The molecule has 0 aromatic carbocycles. The van der Waals surface area contributed by atoms with E-state index in [2.05, 4.69) is 33.0 Å². The first-order chi connectivity index (χ1) is 6.49. The van der Waals surface area contributed by atoms with Crippen LogP contribution >= 0.6 is 0 Å². The van der Waals surface area contributed by atoms with Crippen LogP contribution in [0.5, 0.6) is 0 Å². The molecule has 0 aromatic rings. The fourth-order valence-electron chi connectivity index (χ4n) is 1.75. The molecule has 0 heterocycles. The van der Waals surface area contributed by atoms with Gasteiger partial charge in [0.1, 0.15) is 0 Å². The maximum Gasteiger partial charge on any atom is 0.0599 e. The standard InChI is InChI=1S/C12H25NO/c1-10(11-6-5-7-11)13-8-9-14-12(2,3)4/h10-11,13H,5-9H2,1-4H3. The predicted molar refractivity (Wildman–Crippen MR) is 60.5 cm³/mol. The third-order valence-corrected chi connectivity index (χ3v) is 2.96. The summed E-state index contributed by atoms with van der Waals surface area (Å²) in [5.41, 5.74) is 0.00138. The summed E-state index contributed by atoms with van der Waals surface area (Å²) in [6.45, 7) is 10.4. The highest BCUT2D eigenvalue weighted by molar-refractivity contribution is 4.79. The monoisotopic (exact) mass is 199 g/mol. The van der Waals surface area contributed by atoms with Crippen LogP contribution < -0.4 is 5.32 Å². The second-order valence-corrected chi connectivity index (χ2v) is 5.39. The Hall–Kier alpha value is -0.0800. The van der Waals surface area contributed by atoms with Crippen molar-refractivity contribution in [1.29, 1.82) is 0 Å². The van der Waals surface area contributed by atoms with Crippen molar-refractivity contribution in [3.8, 4) is 0 Å². The molecule has 14 heavy (non-hydrogen) atoms. The summed E-state index contributed by atoms with van der Waals surface area (Å²) in [6.07, 6.45) is 4.25. The van der Waals surface area contributed by atoms with E-state index in [0.29, 0.717) is 6.04 Å². The van der Waals surface area contributed by atoms with Gasteiger partial charge in [-0.3, -0.25) is 0 Å². The highest BCUT2D eigenvalue weighted by atomic mass is 16.5. The Bertz CT molecular complexity index is 158. The highest BCUT2D eigenvalue weighted by Gasteiger charge is 2.23. The zero-order chi connectivity index (χ0) is 10.6. The molecule has 0 aromatic heterocycles. The Labute approximate surface area is 88.4 Å². The Kier molecular flexibility index (Phi) is 4.39. The van der Waals surface area contributed by atoms with E-state index in [0.717, 1.165) is 19.1 Å². The lowest BCUT2D eigenvalue weighted by Gasteiger charge is -2.32. The van der Waals surface area contributed by atoms with Gasteiger partial charge in [-0.1, -0.05) is 6.42 Å². The topological polar surface area (TPSA) is 21.3 Å². The second-order valence-electron chi connectivity index (χ2n) is 5.39. The molecule has 0 amide bonds. The minimum Gasteiger partial charge on any atom is -0.375 e. The van der Waals surface area contributed by atoms with E-state index in [1.165, 1.54) is 19.3 Å². The van der Waals surface area contributed by atoms with Crippen LogP contribution in [0.15, 0.2) is 0 Å². The maximum absolute atomic E-state index is 5.65. The second kappa shape index (κ2) is 5.13. The first-order valence-electron chi connectivity index (χ1n) is 5.86. The Balaban J connectivity index is 1.97. The van der Waals surface area contributed by atoms with Crippen molar-refractivity contribution in [2.45, 2.75) is 58.6 Å². The van der Waals surface area contributed by atoms with Gasteiger partial charge in [0, 0.05) is 12.6 Å². The van der Waals surface area contributed by atoms with E-state index in [1.54, 1.807) is 0 Å². The summed E-state index contributed by atoms with van der Waals surface area (Å²) in [6, 6.07) is 0.673. The summed E-state index contributed by atoms with van der Waals surface area (Å²) < 4.78 is 5.65. The van der Waals surface area contributed by atoms with Crippen molar-refractivity contribution in [1.82, 2.24) is 5.32 Å². The van der Waals surface area contributed by atoms with Gasteiger partial charge in [-0.2, -0.15) is 0 Å². The molecule has 2 heteroatoms. The van der Waals surface area contributed by atoms with Gasteiger partial charge >= 0.3 is 0 Å². The van der Waals surface area contributed by atoms with Gasteiger partial charge in [-0.25, -0.2) is 0 Å². The van der Waals surface area contributed by atoms with Gasteiger partial charge in [0.2, 0.25) is 0 Å². The van der Waals surface area contributed by atoms with Gasteiger partial charge in [-0.15, -0.1) is 0 Å². The van der Waals surface area contributed by atoms with Crippen LogP contribution in [0.25, 0.3) is 0 Å². The quantitative estimate of drug-likeness (QED) is 0.687. The predicted octanol–water partition coefficient (Wildman–Crippen LogP) is 2.58. The van der Waals surface area contributed by atoms with E-state index in [-0.39, 0.29) is 5.60 Å². The first kappa shape index (κ1) is 12.0. The van der Waals surface area contributed by atoms with Crippen LogP contribution in [0.1, 0.15) is 47.0 Å². The number of nitrogens with one attached hydrogen (secondary N) is 1. The van der Waals surface area contributed by atoms with E-state index < -0.39 is 0 Å². The third kappa shape index (κ3) is 4.43. The molecule has 2 nitrogen and oxygen atoms in total. The Morgan fingerprint density at radius 2 is 2.00 bits per heavy atom. The zero-order valence-corrected chi connectivity index (χ0v) is 10.1. The lowest BCUT2D eigenvalue weighted by Crippen LogP contribution is -2.39. The van der Waals surface area contributed by atoms with Gasteiger partial charge in [0.25, 0.3) is 0 Å². The summed E-state index contributed by atoms with van der Waals surface area (Å²) in [5.74, 6) is 0.921. The van der Waals surface area contributed by atoms with Gasteiger partial charge in [-0.05, 0) is 46.5 Å². The average molecular weight is 199 g/mol. The molecule has 0 radical (unpaired) electrons. The SMILES string of the molecule is CC(NCCOC(C)(C)C)C1CCC1. The van der Waals surface area contributed by atoms with Crippen molar-refractivity contribution in [2.24, 2.45) is 5.92 Å². The van der Waals surface area contributed by atoms with Crippen LogP contribution in [-0.4, -0.2) is 24.8 Å². The molecule has 0 aliphatic heterocycles. The Morgan fingerprint density at radius 3 is 2.43 bits per heavy atom. The Morgan fingerprint density at radius 1 is 1.36 bits per heavy atom. The van der Waals surface area contributed by atoms with E-state index in [1.807, 2.05) is 0 Å². The molecule has 0 spiro atoms. The molecule has 1 fully saturated rings. The fraction of sp³-hybridized carbons (Fsp3) is 1.00. The molecular weight excluding hydrogens is 174 g/mol. The van der Waals surface area contributed by atoms with Crippen LogP contribution in [-0.2, 0) is 4.74 Å². The summed E-state index contributed by atoms with van der Waals surface area (Å²) in [7, 11) is 0. The minimum absolute atomic E-state index is 0.00138. The fourth-order valence-corrected chi connectivity index (χ4v) is 1.75. The molecular formula is C12H25NO. The van der Waals surface area contributed by atoms with Crippen LogP contribution in [0, 0.1) is 5.92 Å². The third-order valence-electron chi connectivity index (χ3n) is 2.96. The van der Waals surface area contributed by atoms with Crippen molar-refractivity contribution in [2.75, 3.05) is 13.2 Å². The van der Waals surface area contributed by atoms with Crippen molar-refractivity contribution >= 4 is 0 Å². The maximum atomic E-state index is 5.65. The van der Waals surface area contributed by atoms with Gasteiger partial charge < -0.3 is 10.1 Å². The molecule has 1 aliphatic rings. The van der Waals surface area contributed by atoms with E-state index >= 15 is 0 Å². The van der Waals surface area contributed by atoms with Crippen LogP contribution in [0.2, 0.25) is 0 Å². The van der Waals surface area contributed by atoms with Crippen molar-refractivity contribution in [3.63, 3.8) is 0 Å². The van der Waals surface area contributed by atoms with E-state index in [4.69, 9.17) is 4.74 Å². The van der Waals surface area contributed by atoms with Gasteiger partial charge in [0.15, 0.2) is 0 Å². The van der Waals surface area contributed by atoms with Crippen molar-refractivity contribution < 1.29 is 4.74 Å². The average Bonchev–Trinajstić information content (AvgIpc) is 1.92. The smallest absolute Gasteiger partial charge is 0.0599 e. The molecule has 1 aliphatic carbocycles. The van der Waals surface area contributed by atoms with Crippen LogP contribution in [0.4, 0.5) is 0 Å². The molecule has 1 unspecified atom stereocenters. The number of hydrogen-bond acceptors (Lipinski definition) is 2. The summed E-state index contributed by atoms with van der Waals surface area (Å²) >= 11 is 0. The first-order valence-corrected chi connectivity index (χ1v) is 5.86. The summed E-state index contributed by atoms with van der Waals surface area (Å²) in [5, 5.41) is 3.53. The number of rotatable bonds is 5. The molecule has 1 atom stereocenters. The molecule has 84 valence electrons. The minimum atomic E-state index is 0.00138. The van der Waals surface area contributed by atoms with Gasteiger partial charge in [0.05, 0.1) is 12.2 Å². The molecule has 1 N–H and O–H groups in total. The number of ether oxygens (including phenoxy) is 1. The molecule has 1 saturated carbocycles. The van der Waals surface area contributed by atoms with Crippen LogP contribution in [0.3, 0.4) is 0 Å². The number of hydrogen-bond donors (Lipinski definition) is 1. The zero-order valence-electron chi connectivity index (χ0n) is 10.1. The van der Waals surface area contributed by atoms with E-state index in [9.17, 15) is 0 Å². The highest BCUT2D eigenvalue weighted by Crippen LogP contribution is 2.29. The lowest BCUT2D eigenvalue weighted by atomic mass is 9.80. The largest absolute Gasteiger partial charge is 0.375 e.